The Bertz CT molecular complexity index is 1320. The molecule has 0 atom stereocenters. The summed E-state index contributed by atoms with van der Waals surface area (Å²) < 4.78 is 11.3. The molecule has 0 radical (unpaired) electrons. The zero-order chi connectivity index (χ0) is 21.4. The van der Waals surface area contributed by atoms with Crippen molar-refractivity contribution in [2.75, 3.05) is 0 Å². The number of pyridine rings is 1. The fraction of sp³-hybridized carbons (Fsp3) is 0.185. The van der Waals surface area contributed by atoms with Crippen LogP contribution in [-0.4, -0.2) is 11.0 Å². The number of carbonyl (C=O) groups excluding carboxylic acids is 1. The monoisotopic (exact) mass is 409 g/mol. The topological polar surface area (TPSA) is 52.3 Å². The Morgan fingerprint density at radius 3 is 2.81 bits per heavy atom. The quantitative estimate of drug-likeness (QED) is 0.372. The molecule has 4 aromatic rings. The predicted molar refractivity (Wildman–Crippen MR) is 122 cm³/mol. The number of furan rings is 1. The SMILES string of the molecule is Cc1ccc(C)c(COC(=O)c2c3c(nc4ccccc24)C(=Cc2ccco2)CC3)c1. The van der Waals surface area contributed by atoms with Gasteiger partial charge < -0.3 is 9.15 Å². The van der Waals surface area contributed by atoms with E-state index in [2.05, 4.69) is 18.2 Å². The molecule has 2 aromatic heterocycles. The van der Waals surface area contributed by atoms with E-state index in [9.17, 15) is 4.79 Å². The van der Waals surface area contributed by atoms with Crippen molar-refractivity contribution in [3.63, 3.8) is 0 Å². The second-order valence-electron chi connectivity index (χ2n) is 8.02. The molecular formula is C27H23NO3. The van der Waals surface area contributed by atoms with Crippen LogP contribution in [0.25, 0.3) is 22.6 Å². The fourth-order valence-electron chi connectivity index (χ4n) is 4.23. The fourth-order valence-corrected chi connectivity index (χ4v) is 4.23. The number of aryl methyl sites for hydroxylation is 2. The zero-order valence-electron chi connectivity index (χ0n) is 17.6. The molecule has 0 aliphatic heterocycles. The molecule has 4 nitrogen and oxygen atoms in total. The largest absolute Gasteiger partial charge is 0.465 e. The third-order valence-electron chi connectivity index (χ3n) is 5.87. The number of esters is 1. The second-order valence-corrected chi connectivity index (χ2v) is 8.02. The lowest BCUT2D eigenvalue weighted by Gasteiger charge is -2.13. The molecule has 0 amide bonds. The molecule has 0 saturated carbocycles. The van der Waals surface area contributed by atoms with Crippen molar-refractivity contribution in [3.05, 3.63) is 100 Å². The summed E-state index contributed by atoms with van der Waals surface area (Å²) in [5, 5.41) is 0.839. The first-order valence-electron chi connectivity index (χ1n) is 10.5. The van der Waals surface area contributed by atoms with Crippen molar-refractivity contribution in [3.8, 4) is 0 Å². The predicted octanol–water partition coefficient (Wildman–Crippen LogP) is 6.29. The molecule has 31 heavy (non-hydrogen) atoms. The van der Waals surface area contributed by atoms with E-state index in [0.717, 1.165) is 63.0 Å². The van der Waals surface area contributed by atoms with Crippen molar-refractivity contribution in [2.45, 2.75) is 33.3 Å². The van der Waals surface area contributed by atoms with Gasteiger partial charge in [0.05, 0.1) is 23.0 Å². The van der Waals surface area contributed by atoms with Gasteiger partial charge in [-0.1, -0.05) is 42.0 Å². The summed E-state index contributed by atoms with van der Waals surface area (Å²) in [6.45, 7) is 4.33. The van der Waals surface area contributed by atoms with Crippen molar-refractivity contribution >= 4 is 28.5 Å². The molecule has 0 saturated heterocycles. The molecule has 0 unspecified atom stereocenters. The molecule has 0 N–H and O–H groups in total. The lowest BCUT2D eigenvalue weighted by molar-refractivity contribution is 0.0473. The van der Waals surface area contributed by atoms with Gasteiger partial charge in [0.15, 0.2) is 0 Å². The standard InChI is InChI=1S/C27H23NO3/c1-17-9-10-18(2)20(14-17)16-31-27(29)25-22-7-3-4-8-24(22)28-26-19(11-12-23(25)26)15-21-6-5-13-30-21/h3-10,13-15H,11-12,16H2,1-2H3. The van der Waals surface area contributed by atoms with Crippen LogP contribution in [0.2, 0.25) is 0 Å². The van der Waals surface area contributed by atoms with E-state index < -0.39 is 0 Å². The van der Waals surface area contributed by atoms with E-state index >= 15 is 0 Å². The van der Waals surface area contributed by atoms with Crippen LogP contribution in [0.5, 0.6) is 0 Å². The highest BCUT2D eigenvalue weighted by Gasteiger charge is 2.27. The molecule has 0 fully saturated rings. The van der Waals surface area contributed by atoms with E-state index in [1.54, 1.807) is 6.26 Å². The van der Waals surface area contributed by atoms with Gasteiger partial charge in [-0.2, -0.15) is 0 Å². The first-order chi connectivity index (χ1) is 15.1. The molecule has 2 heterocycles. The van der Waals surface area contributed by atoms with Gasteiger partial charge >= 0.3 is 5.97 Å². The van der Waals surface area contributed by atoms with Crippen LogP contribution in [0, 0.1) is 13.8 Å². The molecule has 1 aliphatic carbocycles. The average Bonchev–Trinajstić information content (AvgIpc) is 3.43. The number of aromatic nitrogens is 1. The summed E-state index contributed by atoms with van der Waals surface area (Å²) in [5.41, 5.74) is 7.64. The number of rotatable bonds is 4. The van der Waals surface area contributed by atoms with Crippen LogP contribution in [0.3, 0.4) is 0 Å². The number of allylic oxidation sites excluding steroid dienone is 1. The van der Waals surface area contributed by atoms with Crippen molar-refractivity contribution in [2.24, 2.45) is 0 Å². The summed E-state index contributed by atoms with van der Waals surface area (Å²) in [6.07, 6.45) is 5.25. The van der Waals surface area contributed by atoms with Gasteiger partial charge in [0, 0.05) is 5.39 Å². The van der Waals surface area contributed by atoms with Gasteiger partial charge in [-0.25, -0.2) is 9.78 Å². The Morgan fingerprint density at radius 1 is 1.10 bits per heavy atom. The number of benzene rings is 2. The smallest absolute Gasteiger partial charge is 0.339 e. The van der Waals surface area contributed by atoms with Crippen LogP contribution in [0.4, 0.5) is 0 Å². The van der Waals surface area contributed by atoms with E-state index in [0.29, 0.717) is 5.56 Å². The van der Waals surface area contributed by atoms with E-state index in [-0.39, 0.29) is 12.6 Å². The molecule has 0 bridgehead atoms. The van der Waals surface area contributed by atoms with Crippen LogP contribution in [-0.2, 0) is 17.8 Å². The number of hydrogen-bond donors (Lipinski definition) is 0. The van der Waals surface area contributed by atoms with E-state index in [4.69, 9.17) is 14.1 Å². The van der Waals surface area contributed by atoms with Gasteiger partial charge in [-0.05, 0) is 73.2 Å². The maximum absolute atomic E-state index is 13.3. The Labute approximate surface area is 181 Å². The average molecular weight is 409 g/mol. The van der Waals surface area contributed by atoms with Crippen molar-refractivity contribution in [1.29, 1.82) is 0 Å². The summed E-state index contributed by atoms with van der Waals surface area (Å²) in [5.74, 6) is 0.492. The molecule has 5 rings (SSSR count). The maximum atomic E-state index is 13.3. The van der Waals surface area contributed by atoms with Gasteiger partial charge in [-0.3, -0.25) is 0 Å². The normalized spacial score (nSPS) is 14.2. The Hall–Kier alpha value is -3.66. The van der Waals surface area contributed by atoms with Crippen LogP contribution < -0.4 is 0 Å². The molecule has 0 spiro atoms. The molecule has 2 aromatic carbocycles. The van der Waals surface area contributed by atoms with E-state index in [1.807, 2.05) is 56.3 Å². The zero-order valence-corrected chi connectivity index (χ0v) is 17.6. The number of nitrogens with zero attached hydrogens (tertiary/aromatic N) is 1. The molecule has 1 aliphatic rings. The molecule has 4 heteroatoms. The van der Waals surface area contributed by atoms with Crippen LogP contribution >= 0.6 is 0 Å². The second kappa shape index (κ2) is 7.88. The first-order valence-corrected chi connectivity index (χ1v) is 10.5. The minimum absolute atomic E-state index is 0.257. The minimum atomic E-state index is -0.296. The number of fused-ring (bicyclic) bond motifs is 2. The summed E-state index contributed by atoms with van der Waals surface area (Å²) in [6, 6.07) is 17.8. The van der Waals surface area contributed by atoms with Crippen LogP contribution in [0.15, 0.2) is 65.3 Å². The Kier molecular flexibility index (Phi) is 4.91. The molecule has 154 valence electrons. The van der Waals surface area contributed by atoms with Gasteiger partial charge in [0.25, 0.3) is 0 Å². The minimum Gasteiger partial charge on any atom is -0.465 e. The highest BCUT2D eigenvalue weighted by atomic mass is 16.5. The van der Waals surface area contributed by atoms with Crippen molar-refractivity contribution < 1.29 is 13.9 Å². The Morgan fingerprint density at radius 2 is 1.97 bits per heavy atom. The number of ether oxygens (including phenoxy) is 1. The summed E-state index contributed by atoms with van der Waals surface area (Å²) in [7, 11) is 0. The van der Waals surface area contributed by atoms with Crippen molar-refractivity contribution in [1.82, 2.24) is 4.98 Å². The van der Waals surface area contributed by atoms with Crippen LogP contribution in [0.1, 0.15) is 50.5 Å². The van der Waals surface area contributed by atoms with Gasteiger partial charge in [-0.15, -0.1) is 0 Å². The highest BCUT2D eigenvalue weighted by Crippen LogP contribution is 2.38. The number of hydrogen-bond acceptors (Lipinski definition) is 4. The summed E-state index contributed by atoms with van der Waals surface area (Å²) >= 11 is 0. The lowest BCUT2D eigenvalue weighted by atomic mass is 10.0. The first kappa shape index (κ1) is 19.3. The van der Waals surface area contributed by atoms with Gasteiger partial charge in [0.1, 0.15) is 12.4 Å². The third kappa shape index (κ3) is 3.66. The maximum Gasteiger partial charge on any atom is 0.339 e. The Balaban J connectivity index is 1.55. The lowest BCUT2D eigenvalue weighted by Crippen LogP contribution is -2.11. The number of carbonyl (C=O) groups is 1. The molecular weight excluding hydrogens is 386 g/mol. The third-order valence-corrected chi connectivity index (χ3v) is 5.87. The number of para-hydroxylation sites is 1. The highest BCUT2D eigenvalue weighted by molar-refractivity contribution is 6.07. The van der Waals surface area contributed by atoms with Gasteiger partial charge in [0.2, 0.25) is 0 Å². The van der Waals surface area contributed by atoms with E-state index in [1.165, 1.54) is 0 Å². The summed E-state index contributed by atoms with van der Waals surface area (Å²) in [4.78, 5) is 18.2.